The Hall–Kier alpha value is -1.24. The van der Waals surface area contributed by atoms with Gasteiger partial charge < -0.3 is 0 Å². The minimum absolute atomic E-state index is 0.186. The fourth-order valence-corrected chi connectivity index (χ4v) is 1.51. The molecule has 0 unspecified atom stereocenters. The van der Waals surface area contributed by atoms with Crippen LogP contribution in [0.4, 0.5) is 13.2 Å². The van der Waals surface area contributed by atoms with Crippen molar-refractivity contribution >= 4 is 20.2 Å². The maximum Gasteiger partial charge on any atom is 0.522 e. The van der Waals surface area contributed by atoms with E-state index < -0.39 is 25.7 Å². The number of hydrogen-bond donors (Lipinski definition) is 2. The van der Waals surface area contributed by atoms with Gasteiger partial charge in [0.2, 0.25) is 0 Å². The van der Waals surface area contributed by atoms with E-state index in [0.29, 0.717) is 13.0 Å². The molecule has 0 amide bonds. The lowest BCUT2D eigenvalue weighted by atomic mass is 10.4. The lowest BCUT2D eigenvalue weighted by molar-refractivity contribution is -0.696. The Morgan fingerprint density at radius 2 is 1.38 bits per heavy atom. The molecule has 0 bridgehead atoms. The summed E-state index contributed by atoms with van der Waals surface area (Å²) in [5, 5.41) is 0. The van der Waals surface area contributed by atoms with Crippen LogP contribution in [-0.4, -0.2) is 37.2 Å². The van der Waals surface area contributed by atoms with Crippen molar-refractivity contribution in [2.45, 2.75) is 18.5 Å². The van der Waals surface area contributed by atoms with Crippen LogP contribution in [0, 0.1) is 0 Å². The third-order valence-electron chi connectivity index (χ3n) is 1.89. The second-order valence-corrected chi connectivity index (χ2v) is 6.66. The molecule has 12 heteroatoms. The highest BCUT2D eigenvalue weighted by Gasteiger charge is 2.44. The van der Waals surface area contributed by atoms with Gasteiger partial charge in [-0.15, -0.1) is 0 Å². The number of pyridine rings is 1. The minimum Gasteiger partial charge on any atom is -0.286 e. The van der Waals surface area contributed by atoms with Gasteiger partial charge in [0.1, 0.15) is 6.54 Å². The van der Waals surface area contributed by atoms with Gasteiger partial charge in [0.05, 0.1) is 5.75 Å². The average molecular weight is 352 g/mol. The van der Waals surface area contributed by atoms with Crippen molar-refractivity contribution in [3.8, 4) is 0 Å². The van der Waals surface area contributed by atoms with Crippen molar-refractivity contribution in [3.63, 3.8) is 0 Å². The Morgan fingerprint density at radius 3 is 1.71 bits per heavy atom. The summed E-state index contributed by atoms with van der Waals surface area (Å²) in [5.74, 6) is -0.186. The van der Waals surface area contributed by atoms with Crippen LogP contribution in [0.3, 0.4) is 0 Å². The van der Waals surface area contributed by atoms with E-state index in [4.69, 9.17) is 17.5 Å². The van der Waals surface area contributed by atoms with Crippen LogP contribution in [0.25, 0.3) is 0 Å². The third-order valence-corrected chi connectivity index (χ3v) is 3.28. The van der Waals surface area contributed by atoms with Crippen molar-refractivity contribution in [1.82, 2.24) is 0 Å². The zero-order valence-corrected chi connectivity index (χ0v) is 12.1. The van der Waals surface area contributed by atoms with Crippen LogP contribution < -0.4 is 4.57 Å². The highest BCUT2D eigenvalue weighted by molar-refractivity contribution is 7.86. The first-order chi connectivity index (χ1) is 9.33. The zero-order chi connectivity index (χ0) is 16.7. The average Bonchev–Trinajstić information content (AvgIpc) is 2.26. The van der Waals surface area contributed by atoms with Crippen molar-refractivity contribution < 1.29 is 43.7 Å². The number of aromatic nitrogens is 1. The number of hydrogen-bond acceptors (Lipinski definition) is 4. The molecule has 1 aromatic heterocycles. The number of halogens is 3. The number of aryl methyl sites for hydroxylation is 1. The quantitative estimate of drug-likeness (QED) is 0.467. The first-order valence-corrected chi connectivity index (χ1v) is 8.31. The van der Waals surface area contributed by atoms with Gasteiger partial charge in [-0.25, -0.2) is 4.57 Å². The predicted octanol–water partition coefficient (Wildman–Crippen LogP) is 0.646. The Kier molecular flexibility index (Phi) is 7.23. The van der Waals surface area contributed by atoms with Gasteiger partial charge in [0, 0.05) is 18.6 Å². The second-order valence-electron chi connectivity index (χ2n) is 3.67. The molecular formula is C9H13F3NO6S2+. The number of rotatable bonds is 4. The summed E-state index contributed by atoms with van der Waals surface area (Å²) in [6.07, 6.45) is 4.13. The van der Waals surface area contributed by atoms with Gasteiger partial charge in [-0.2, -0.15) is 30.0 Å². The Bertz CT molecular complexity index is 627. The maximum absolute atomic E-state index is 10.7. The first kappa shape index (κ1) is 19.8. The van der Waals surface area contributed by atoms with E-state index in [9.17, 15) is 21.6 Å². The summed E-state index contributed by atoms with van der Waals surface area (Å²) >= 11 is 0. The SMILES string of the molecule is O=S(=O)(O)C(F)(F)F.O=S(=O)(O)CCC[n+]1ccccc1. The zero-order valence-electron chi connectivity index (χ0n) is 10.4. The van der Waals surface area contributed by atoms with Crippen LogP contribution in [-0.2, 0) is 26.8 Å². The molecule has 1 aromatic rings. The van der Waals surface area contributed by atoms with E-state index in [-0.39, 0.29) is 5.75 Å². The molecule has 0 spiro atoms. The molecule has 122 valence electrons. The Labute approximate surface area is 119 Å². The van der Waals surface area contributed by atoms with Crippen molar-refractivity contribution in [2.24, 2.45) is 0 Å². The molecule has 0 aromatic carbocycles. The Morgan fingerprint density at radius 1 is 0.952 bits per heavy atom. The van der Waals surface area contributed by atoms with E-state index in [2.05, 4.69) is 0 Å². The second kappa shape index (κ2) is 7.68. The summed E-state index contributed by atoms with van der Waals surface area (Å²) in [6, 6.07) is 5.63. The fraction of sp³-hybridized carbons (Fsp3) is 0.444. The topological polar surface area (TPSA) is 113 Å². The summed E-state index contributed by atoms with van der Waals surface area (Å²) in [5.41, 5.74) is -5.53. The summed E-state index contributed by atoms with van der Waals surface area (Å²) in [7, 11) is -9.65. The lowest BCUT2D eigenvalue weighted by Gasteiger charge is -1.97. The molecule has 0 aliphatic rings. The number of alkyl halides is 3. The molecule has 1 rings (SSSR count). The van der Waals surface area contributed by atoms with Gasteiger partial charge in [-0.3, -0.25) is 9.11 Å². The van der Waals surface area contributed by atoms with Crippen LogP contribution in [0.1, 0.15) is 6.42 Å². The molecule has 1 heterocycles. The van der Waals surface area contributed by atoms with Crippen LogP contribution in [0.2, 0.25) is 0 Å². The molecule has 0 aliphatic heterocycles. The van der Waals surface area contributed by atoms with E-state index >= 15 is 0 Å². The normalized spacial score (nSPS) is 12.4. The molecule has 0 aliphatic carbocycles. The van der Waals surface area contributed by atoms with Crippen LogP contribution in [0.5, 0.6) is 0 Å². The van der Waals surface area contributed by atoms with Crippen molar-refractivity contribution in [3.05, 3.63) is 30.6 Å². The van der Waals surface area contributed by atoms with Gasteiger partial charge in [0.15, 0.2) is 12.4 Å². The minimum atomic E-state index is -5.84. The van der Waals surface area contributed by atoms with Crippen LogP contribution in [0.15, 0.2) is 30.6 Å². The van der Waals surface area contributed by atoms with E-state index in [1.54, 1.807) is 0 Å². The van der Waals surface area contributed by atoms with E-state index in [0.717, 1.165) is 0 Å². The van der Waals surface area contributed by atoms with Gasteiger partial charge in [-0.1, -0.05) is 6.07 Å². The molecular weight excluding hydrogens is 339 g/mol. The van der Waals surface area contributed by atoms with Crippen molar-refractivity contribution in [2.75, 3.05) is 5.75 Å². The molecule has 0 saturated carbocycles. The molecule has 0 saturated heterocycles. The van der Waals surface area contributed by atoms with E-state index in [1.165, 1.54) is 0 Å². The lowest BCUT2D eigenvalue weighted by Crippen LogP contribution is -2.33. The fourth-order valence-electron chi connectivity index (χ4n) is 1.01. The number of nitrogens with zero attached hydrogens (tertiary/aromatic N) is 1. The Balaban J connectivity index is 0.000000433. The largest absolute Gasteiger partial charge is 0.522 e. The third kappa shape index (κ3) is 10.2. The molecule has 0 atom stereocenters. The van der Waals surface area contributed by atoms with Crippen molar-refractivity contribution in [1.29, 1.82) is 0 Å². The molecule has 7 nitrogen and oxygen atoms in total. The highest BCUT2D eigenvalue weighted by Crippen LogP contribution is 2.20. The molecule has 2 N–H and O–H groups in total. The van der Waals surface area contributed by atoms with Gasteiger partial charge >= 0.3 is 15.6 Å². The summed E-state index contributed by atoms with van der Waals surface area (Å²) in [6.45, 7) is 0.598. The predicted molar refractivity (Wildman–Crippen MR) is 65.3 cm³/mol. The summed E-state index contributed by atoms with van der Waals surface area (Å²) < 4.78 is 88.6. The standard InChI is InChI=1S/C8H11NO3S.CHF3O3S/c10-13(11,12)8-4-7-9-5-2-1-3-6-9;2-1(3,4)8(5,6)7/h1-3,5-6H,4,7-8H2;(H,5,6,7)/p+1. The van der Waals surface area contributed by atoms with Gasteiger partial charge in [-0.05, 0) is 0 Å². The molecule has 0 radical (unpaired) electrons. The summed E-state index contributed by atoms with van der Waals surface area (Å²) in [4.78, 5) is 0. The smallest absolute Gasteiger partial charge is 0.286 e. The molecule has 0 fully saturated rings. The highest BCUT2D eigenvalue weighted by atomic mass is 32.2. The van der Waals surface area contributed by atoms with Crippen LogP contribution >= 0.6 is 0 Å². The van der Waals surface area contributed by atoms with Gasteiger partial charge in [0.25, 0.3) is 10.1 Å². The maximum atomic E-state index is 10.7. The molecule has 21 heavy (non-hydrogen) atoms. The monoisotopic (exact) mass is 352 g/mol. The first-order valence-electron chi connectivity index (χ1n) is 5.26. The van der Waals surface area contributed by atoms with E-state index in [1.807, 2.05) is 35.2 Å².